The molecule has 0 unspecified atom stereocenters. The molecule has 5 nitrogen and oxygen atoms in total. The van der Waals surface area contributed by atoms with Crippen molar-refractivity contribution in [1.29, 1.82) is 0 Å². The van der Waals surface area contributed by atoms with Crippen molar-refractivity contribution in [2.45, 2.75) is 25.5 Å². The SMILES string of the molecule is CO[C@]1(COc2ccc(C)cc2)CCN(Cc2ccc(C(=O)O)cc2)C1. The van der Waals surface area contributed by atoms with Crippen LogP contribution >= 0.6 is 0 Å². The van der Waals surface area contributed by atoms with E-state index in [0.29, 0.717) is 12.2 Å². The molecular weight excluding hydrogens is 330 g/mol. The van der Waals surface area contributed by atoms with Gasteiger partial charge in [-0.2, -0.15) is 0 Å². The Balaban J connectivity index is 1.57. The summed E-state index contributed by atoms with van der Waals surface area (Å²) in [6.07, 6.45) is 0.905. The Morgan fingerprint density at radius 1 is 1.15 bits per heavy atom. The maximum Gasteiger partial charge on any atom is 0.335 e. The van der Waals surface area contributed by atoms with Gasteiger partial charge in [-0.1, -0.05) is 29.8 Å². The number of carboxylic acid groups (broad SMARTS) is 1. The molecule has 2 aromatic carbocycles. The number of likely N-dealkylation sites (tertiary alicyclic amines) is 1. The zero-order valence-electron chi connectivity index (χ0n) is 15.3. The summed E-state index contributed by atoms with van der Waals surface area (Å²) in [5.41, 5.74) is 2.31. The maximum atomic E-state index is 10.9. The number of benzene rings is 2. The molecule has 0 bridgehead atoms. The third-order valence-electron chi connectivity index (χ3n) is 4.96. The second-order valence-electron chi connectivity index (χ2n) is 6.95. The van der Waals surface area contributed by atoms with Gasteiger partial charge < -0.3 is 14.6 Å². The van der Waals surface area contributed by atoms with Crippen molar-refractivity contribution in [3.05, 3.63) is 65.2 Å². The van der Waals surface area contributed by atoms with Crippen molar-refractivity contribution in [1.82, 2.24) is 4.90 Å². The number of nitrogens with zero attached hydrogens (tertiary/aromatic N) is 1. The molecule has 1 N–H and O–H groups in total. The van der Waals surface area contributed by atoms with Crippen molar-refractivity contribution in [2.75, 3.05) is 26.8 Å². The van der Waals surface area contributed by atoms with Gasteiger partial charge in [-0.15, -0.1) is 0 Å². The van der Waals surface area contributed by atoms with Crippen molar-refractivity contribution in [3.63, 3.8) is 0 Å². The summed E-state index contributed by atoms with van der Waals surface area (Å²) >= 11 is 0. The molecule has 5 heteroatoms. The zero-order chi connectivity index (χ0) is 18.6. The van der Waals surface area contributed by atoms with E-state index in [1.807, 2.05) is 36.4 Å². The van der Waals surface area contributed by atoms with Gasteiger partial charge in [0.05, 0.1) is 5.56 Å². The number of rotatable bonds is 7. The van der Waals surface area contributed by atoms with Crippen molar-refractivity contribution < 1.29 is 19.4 Å². The van der Waals surface area contributed by atoms with E-state index in [4.69, 9.17) is 14.6 Å². The van der Waals surface area contributed by atoms with Gasteiger partial charge in [-0.05, 0) is 43.2 Å². The largest absolute Gasteiger partial charge is 0.491 e. The highest BCUT2D eigenvalue weighted by Crippen LogP contribution is 2.27. The first-order valence-corrected chi connectivity index (χ1v) is 8.79. The van der Waals surface area contributed by atoms with Crippen molar-refractivity contribution >= 4 is 5.97 Å². The third-order valence-corrected chi connectivity index (χ3v) is 4.96. The smallest absolute Gasteiger partial charge is 0.335 e. The highest BCUT2D eigenvalue weighted by molar-refractivity contribution is 5.87. The van der Waals surface area contributed by atoms with Gasteiger partial charge in [0.25, 0.3) is 0 Å². The first-order chi connectivity index (χ1) is 12.5. The highest BCUT2D eigenvalue weighted by atomic mass is 16.5. The molecule has 1 atom stereocenters. The number of carboxylic acids is 1. The van der Waals surface area contributed by atoms with E-state index >= 15 is 0 Å². The van der Waals surface area contributed by atoms with Crippen LogP contribution in [0.15, 0.2) is 48.5 Å². The van der Waals surface area contributed by atoms with E-state index in [1.54, 1.807) is 19.2 Å². The Labute approximate surface area is 154 Å². The first-order valence-electron chi connectivity index (χ1n) is 8.79. The van der Waals surface area contributed by atoms with E-state index in [1.165, 1.54) is 5.56 Å². The fraction of sp³-hybridized carbons (Fsp3) is 0.381. The Morgan fingerprint density at radius 2 is 1.85 bits per heavy atom. The fourth-order valence-electron chi connectivity index (χ4n) is 3.27. The van der Waals surface area contributed by atoms with Crippen LogP contribution in [0.5, 0.6) is 5.75 Å². The Kier molecular flexibility index (Phi) is 5.59. The minimum Gasteiger partial charge on any atom is -0.491 e. The first kappa shape index (κ1) is 18.4. The molecule has 0 amide bonds. The Hall–Kier alpha value is -2.37. The molecule has 0 aliphatic carbocycles. The Bertz CT molecular complexity index is 742. The quantitative estimate of drug-likeness (QED) is 0.825. The van der Waals surface area contributed by atoms with Crippen LogP contribution in [0.4, 0.5) is 0 Å². The van der Waals surface area contributed by atoms with E-state index in [9.17, 15) is 4.79 Å². The topological polar surface area (TPSA) is 59.0 Å². The van der Waals surface area contributed by atoms with E-state index in [0.717, 1.165) is 37.4 Å². The van der Waals surface area contributed by atoms with Crippen LogP contribution in [-0.4, -0.2) is 48.4 Å². The monoisotopic (exact) mass is 355 g/mol. The number of methoxy groups -OCH3 is 1. The molecule has 138 valence electrons. The number of hydrogen-bond donors (Lipinski definition) is 1. The lowest BCUT2D eigenvalue weighted by atomic mass is 10.0. The summed E-state index contributed by atoms with van der Waals surface area (Å²) in [4.78, 5) is 13.3. The molecule has 0 radical (unpaired) electrons. The van der Waals surface area contributed by atoms with Gasteiger partial charge in [-0.25, -0.2) is 4.79 Å². The molecule has 1 heterocycles. The van der Waals surface area contributed by atoms with Gasteiger partial charge in [0.1, 0.15) is 18.0 Å². The average Bonchev–Trinajstić information content (AvgIpc) is 3.05. The molecule has 1 fully saturated rings. The lowest BCUT2D eigenvalue weighted by Crippen LogP contribution is -2.41. The van der Waals surface area contributed by atoms with Crippen LogP contribution in [0.2, 0.25) is 0 Å². The minimum absolute atomic E-state index is 0.313. The van der Waals surface area contributed by atoms with Gasteiger partial charge in [0.2, 0.25) is 0 Å². The lowest BCUT2D eigenvalue weighted by Gasteiger charge is -2.28. The van der Waals surface area contributed by atoms with Gasteiger partial charge in [-0.3, -0.25) is 4.90 Å². The molecule has 26 heavy (non-hydrogen) atoms. The zero-order valence-corrected chi connectivity index (χ0v) is 15.3. The normalized spacial score (nSPS) is 20.2. The molecule has 2 aromatic rings. The maximum absolute atomic E-state index is 10.9. The second-order valence-corrected chi connectivity index (χ2v) is 6.95. The Morgan fingerprint density at radius 3 is 2.46 bits per heavy atom. The summed E-state index contributed by atoms with van der Waals surface area (Å²) in [7, 11) is 1.74. The van der Waals surface area contributed by atoms with Crippen LogP contribution in [0.1, 0.15) is 27.9 Å². The van der Waals surface area contributed by atoms with Gasteiger partial charge >= 0.3 is 5.97 Å². The van der Waals surface area contributed by atoms with Crippen LogP contribution < -0.4 is 4.74 Å². The molecular formula is C21H25NO4. The average molecular weight is 355 g/mol. The van der Waals surface area contributed by atoms with Crippen molar-refractivity contribution in [3.8, 4) is 5.75 Å². The van der Waals surface area contributed by atoms with Gasteiger partial charge in [0, 0.05) is 26.7 Å². The molecule has 0 saturated carbocycles. The minimum atomic E-state index is -0.899. The summed E-state index contributed by atoms with van der Waals surface area (Å²) in [5.74, 6) is -0.0425. The van der Waals surface area contributed by atoms with E-state index < -0.39 is 5.97 Å². The number of ether oxygens (including phenoxy) is 2. The number of carbonyl (C=O) groups is 1. The number of hydrogen-bond acceptors (Lipinski definition) is 4. The van der Waals surface area contributed by atoms with Gasteiger partial charge in [0.15, 0.2) is 0 Å². The predicted octanol–water partition coefficient (Wildman–Crippen LogP) is 3.36. The molecule has 1 aliphatic rings. The molecule has 0 aromatic heterocycles. The van der Waals surface area contributed by atoms with Crippen LogP contribution in [-0.2, 0) is 11.3 Å². The number of aromatic carboxylic acids is 1. The van der Waals surface area contributed by atoms with Crippen LogP contribution in [0.3, 0.4) is 0 Å². The second kappa shape index (κ2) is 7.89. The molecule has 1 aliphatic heterocycles. The predicted molar refractivity (Wildman–Crippen MR) is 99.7 cm³/mol. The van der Waals surface area contributed by atoms with Crippen LogP contribution in [0, 0.1) is 6.92 Å². The van der Waals surface area contributed by atoms with E-state index in [-0.39, 0.29) is 5.60 Å². The third kappa shape index (κ3) is 4.42. The fourth-order valence-corrected chi connectivity index (χ4v) is 3.27. The summed E-state index contributed by atoms with van der Waals surface area (Å²) in [6.45, 7) is 5.05. The molecule has 3 rings (SSSR count). The summed E-state index contributed by atoms with van der Waals surface area (Å²) in [6, 6.07) is 15.1. The molecule has 1 saturated heterocycles. The number of aryl methyl sites for hydroxylation is 1. The lowest BCUT2D eigenvalue weighted by molar-refractivity contribution is -0.0359. The van der Waals surface area contributed by atoms with Crippen molar-refractivity contribution in [2.24, 2.45) is 0 Å². The summed E-state index contributed by atoms with van der Waals surface area (Å²) < 4.78 is 11.8. The molecule has 0 spiro atoms. The van der Waals surface area contributed by atoms with Crippen LogP contribution in [0.25, 0.3) is 0 Å². The summed E-state index contributed by atoms with van der Waals surface area (Å²) in [5, 5.41) is 8.99. The van der Waals surface area contributed by atoms with E-state index in [2.05, 4.69) is 11.8 Å². The standard InChI is InChI=1S/C21H25NO4/c1-16-3-9-19(10-4-16)26-15-21(25-2)11-12-22(14-21)13-17-5-7-18(8-6-17)20(23)24/h3-10H,11-15H2,1-2H3,(H,23,24)/t21-/m1/s1. The highest BCUT2D eigenvalue weighted by Gasteiger charge is 2.39.